The van der Waals surface area contributed by atoms with Crippen molar-refractivity contribution in [2.75, 3.05) is 49.5 Å². The molecule has 2 aliphatic heterocycles. The number of halogens is 2. The van der Waals surface area contributed by atoms with Gasteiger partial charge in [0.05, 0.1) is 5.69 Å². The zero-order valence-corrected chi connectivity index (χ0v) is 20.9. The molecule has 0 unspecified atom stereocenters. The van der Waals surface area contributed by atoms with Crippen molar-refractivity contribution < 1.29 is 13.6 Å². The maximum Gasteiger partial charge on any atom is 0.255 e. The number of piperazine rings is 1. The van der Waals surface area contributed by atoms with E-state index in [2.05, 4.69) is 16.0 Å². The van der Waals surface area contributed by atoms with Gasteiger partial charge in [0.2, 0.25) is 0 Å². The Bertz CT molecular complexity index is 1060. The first-order chi connectivity index (χ1) is 17.5. The summed E-state index contributed by atoms with van der Waals surface area (Å²) in [6.45, 7) is 8.62. The zero-order valence-electron chi connectivity index (χ0n) is 20.9. The molecule has 1 amide bonds. The number of rotatable bonds is 5. The number of benzene rings is 2. The van der Waals surface area contributed by atoms with Gasteiger partial charge < -0.3 is 32.0 Å². The van der Waals surface area contributed by atoms with Gasteiger partial charge in [0.15, 0.2) is 0 Å². The lowest BCUT2D eigenvalue weighted by atomic mass is 9.98. The van der Waals surface area contributed by atoms with Crippen molar-refractivity contribution in [1.29, 1.82) is 5.41 Å². The Kier molecular flexibility index (Phi) is 12.3. The standard InChI is InChI=1S/C22H24F2N4O.C3H6N2.C2H6/c23-19-13-16(1-3-18(19)15-5-7-25-8-6-15)22(29)27-17-2-4-21(20(24)14-17)28-11-9-26-10-12-28;4-2-1-3-5;1-2/h1-5,13-14,25-26H,6-12H2,(H,27,29);1-4H,5H2;1-2H3/b;3-1-,4-2?;. The van der Waals surface area contributed by atoms with E-state index in [1.54, 1.807) is 24.3 Å². The van der Waals surface area contributed by atoms with Gasteiger partial charge in [-0.2, -0.15) is 0 Å². The molecule has 1 fully saturated rings. The van der Waals surface area contributed by atoms with Crippen LogP contribution in [0.1, 0.15) is 36.2 Å². The van der Waals surface area contributed by atoms with E-state index < -0.39 is 11.7 Å². The molecule has 0 saturated carbocycles. The molecule has 0 radical (unpaired) electrons. The molecule has 0 spiro atoms. The third kappa shape index (κ3) is 8.28. The van der Waals surface area contributed by atoms with E-state index in [-0.39, 0.29) is 11.4 Å². The number of hydrogen-bond acceptors (Lipinski definition) is 6. The first-order valence-electron chi connectivity index (χ1n) is 12.2. The molecule has 36 heavy (non-hydrogen) atoms. The van der Waals surface area contributed by atoms with Gasteiger partial charge in [-0.05, 0) is 61.1 Å². The van der Waals surface area contributed by atoms with Gasteiger partial charge >= 0.3 is 0 Å². The van der Waals surface area contributed by atoms with Crippen molar-refractivity contribution in [3.8, 4) is 0 Å². The quantitative estimate of drug-likeness (QED) is 0.399. The molecular formula is C27H36F2N6O. The van der Waals surface area contributed by atoms with Crippen LogP contribution in [0.4, 0.5) is 20.2 Å². The summed E-state index contributed by atoms with van der Waals surface area (Å²) in [5.74, 6) is -1.28. The van der Waals surface area contributed by atoms with Crippen LogP contribution in [-0.4, -0.2) is 51.4 Å². The van der Waals surface area contributed by atoms with Crippen LogP contribution < -0.4 is 26.6 Å². The second-order valence-corrected chi connectivity index (χ2v) is 7.79. The SMILES string of the molecule is CC.N=C/C=C\N.O=C(Nc1ccc(N2CCNCC2)c(F)c1)c1ccc(C2=CCNCC2)c(F)c1. The normalized spacial score (nSPS) is 15.1. The first-order valence-corrected chi connectivity index (χ1v) is 12.2. The minimum Gasteiger partial charge on any atom is -0.405 e. The minimum absolute atomic E-state index is 0.201. The fourth-order valence-electron chi connectivity index (χ4n) is 3.79. The number of nitrogens with one attached hydrogen (secondary N) is 4. The van der Waals surface area contributed by atoms with E-state index in [0.29, 0.717) is 23.5 Å². The van der Waals surface area contributed by atoms with Gasteiger partial charge in [0.25, 0.3) is 5.91 Å². The molecular weight excluding hydrogens is 462 g/mol. The number of amides is 1. The maximum atomic E-state index is 14.5. The van der Waals surface area contributed by atoms with Crippen LogP contribution in [0.3, 0.4) is 0 Å². The highest BCUT2D eigenvalue weighted by Gasteiger charge is 2.17. The maximum absolute atomic E-state index is 14.5. The molecule has 1 saturated heterocycles. The van der Waals surface area contributed by atoms with E-state index in [0.717, 1.165) is 50.9 Å². The minimum atomic E-state index is -0.468. The third-order valence-corrected chi connectivity index (χ3v) is 5.51. The van der Waals surface area contributed by atoms with E-state index in [4.69, 9.17) is 11.1 Å². The summed E-state index contributed by atoms with van der Waals surface area (Å²) in [6.07, 6.45) is 6.60. The lowest BCUT2D eigenvalue weighted by Gasteiger charge is -2.29. The van der Waals surface area contributed by atoms with Crippen molar-refractivity contribution in [2.24, 2.45) is 5.73 Å². The van der Waals surface area contributed by atoms with Crippen LogP contribution in [0.25, 0.3) is 5.57 Å². The molecule has 7 nitrogen and oxygen atoms in total. The Morgan fingerprint density at radius 2 is 1.81 bits per heavy atom. The molecule has 194 valence electrons. The number of nitrogens with two attached hydrogens (primary N) is 1. The number of allylic oxidation sites excluding steroid dienone is 1. The highest BCUT2D eigenvalue weighted by molar-refractivity contribution is 6.04. The number of hydrogen-bond donors (Lipinski definition) is 5. The van der Waals surface area contributed by atoms with Crippen LogP contribution in [0.15, 0.2) is 54.8 Å². The Morgan fingerprint density at radius 3 is 2.36 bits per heavy atom. The summed E-state index contributed by atoms with van der Waals surface area (Å²) in [4.78, 5) is 14.5. The molecule has 9 heteroatoms. The lowest BCUT2D eigenvalue weighted by Crippen LogP contribution is -2.43. The summed E-state index contributed by atoms with van der Waals surface area (Å²) in [5, 5.41) is 15.4. The Labute approximate surface area is 212 Å². The number of carbonyl (C=O) groups is 1. The van der Waals surface area contributed by atoms with Gasteiger partial charge in [-0.25, -0.2) is 8.78 Å². The second kappa shape index (κ2) is 15.4. The molecule has 2 aromatic rings. The van der Waals surface area contributed by atoms with Gasteiger partial charge in [-0.1, -0.05) is 26.0 Å². The topological polar surface area (TPSA) is 106 Å². The summed E-state index contributed by atoms with van der Waals surface area (Å²) < 4.78 is 29.1. The van der Waals surface area contributed by atoms with E-state index >= 15 is 0 Å². The highest BCUT2D eigenvalue weighted by atomic mass is 19.1. The molecule has 2 heterocycles. The van der Waals surface area contributed by atoms with Crippen molar-refractivity contribution in [3.63, 3.8) is 0 Å². The predicted molar refractivity (Wildman–Crippen MR) is 145 cm³/mol. The predicted octanol–water partition coefficient (Wildman–Crippen LogP) is 4.14. The van der Waals surface area contributed by atoms with E-state index in [1.807, 2.05) is 24.8 Å². The molecule has 2 aromatic carbocycles. The van der Waals surface area contributed by atoms with Gasteiger partial charge in [-0.15, -0.1) is 0 Å². The molecule has 0 bridgehead atoms. The van der Waals surface area contributed by atoms with Crippen LogP contribution in [0.2, 0.25) is 0 Å². The molecule has 0 aromatic heterocycles. The van der Waals surface area contributed by atoms with Crippen LogP contribution in [0, 0.1) is 17.0 Å². The smallest absolute Gasteiger partial charge is 0.255 e. The molecule has 0 atom stereocenters. The van der Waals surface area contributed by atoms with Gasteiger partial charge in [0.1, 0.15) is 11.6 Å². The molecule has 4 rings (SSSR count). The lowest BCUT2D eigenvalue weighted by molar-refractivity contribution is 0.102. The second-order valence-electron chi connectivity index (χ2n) is 7.79. The number of anilines is 2. The van der Waals surface area contributed by atoms with Crippen LogP contribution in [-0.2, 0) is 0 Å². The summed E-state index contributed by atoms with van der Waals surface area (Å²) in [7, 11) is 0. The average Bonchev–Trinajstić information content (AvgIpc) is 2.91. The van der Waals surface area contributed by atoms with E-state index in [1.165, 1.54) is 24.4 Å². The third-order valence-electron chi connectivity index (χ3n) is 5.51. The summed E-state index contributed by atoms with van der Waals surface area (Å²) in [5.41, 5.74) is 7.34. The number of nitrogens with zero attached hydrogens (tertiary/aromatic N) is 1. The summed E-state index contributed by atoms with van der Waals surface area (Å²) in [6, 6.07) is 9.11. The van der Waals surface area contributed by atoms with E-state index in [9.17, 15) is 13.6 Å². The molecule has 6 N–H and O–H groups in total. The molecule has 0 aliphatic carbocycles. The van der Waals surface area contributed by atoms with Crippen molar-refractivity contribution in [2.45, 2.75) is 20.3 Å². The Balaban J connectivity index is 0.000000583. The monoisotopic (exact) mass is 498 g/mol. The average molecular weight is 499 g/mol. The number of carbonyl (C=O) groups excluding carboxylic acids is 1. The fourth-order valence-corrected chi connectivity index (χ4v) is 3.79. The Morgan fingerprint density at radius 1 is 1.06 bits per heavy atom. The fraction of sp³-hybridized carbons (Fsp3) is 0.333. The van der Waals surface area contributed by atoms with Crippen molar-refractivity contribution >= 4 is 29.1 Å². The molecule has 2 aliphatic rings. The first kappa shape index (κ1) is 28.7. The zero-order chi connectivity index (χ0) is 26.3. The van der Waals surface area contributed by atoms with Crippen molar-refractivity contribution in [3.05, 3.63) is 77.5 Å². The highest BCUT2D eigenvalue weighted by Crippen LogP contribution is 2.25. The van der Waals surface area contributed by atoms with Crippen LogP contribution in [0.5, 0.6) is 0 Å². The largest absolute Gasteiger partial charge is 0.405 e. The Hall–Kier alpha value is -3.56. The van der Waals surface area contributed by atoms with Crippen LogP contribution >= 0.6 is 0 Å². The van der Waals surface area contributed by atoms with Crippen molar-refractivity contribution in [1.82, 2.24) is 10.6 Å². The van der Waals surface area contributed by atoms with Gasteiger partial charge in [-0.3, -0.25) is 4.79 Å². The van der Waals surface area contributed by atoms with Gasteiger partial charge in [0, 0.05) is 55.8 Å². The summed E-state index contributed by atoms with van der Waals surface area (Å²) >= 11 is 0.